The molecule has 0 aromatic heterocycles. The molecule has 0 bridgehead atoms. The van der Waals surface area contributed by atoms with Crippen LogP contribution in [-0.4, -0.2) is 80.2 Å². The molecule has 2 aliphatic rings. The van der Waals surface area contributed by atoms with E-state index in [-0.39, 0.29) is 35.0 Å². The lowest BCUT2D eigenvalue weighted by Crippen LogP contribution is -2.61. The maximum Gasteiger partial charge on any atom is 0.337 e. The van der Waals surface area contributed by atoms with E-state index in [9.17, 15) is 40.2 Å². The van der Waals surface area contributed by atoms with Gasteiger partial charge < -0.3 is 49.6 Å². The van der Waals surface area contributed by atoms with E-state index in [0.717, 1.165) is 19.2 Å². The van der Waals surface area contributed by atoms with E-state index in [0.29, 0.717) is 5.56 Å². The molecule has 0 radical (unpaired) electrons. The van der Waals surface area contributed by atoms with Gasteiger partial charge in [-0.3, -0.25) is 4.79 Å². The third-order valence-electron chi connectivity index (χ3n) is 5.53. The second-order valence-corrected chi connectivity index (χ2v) is 7.87. The van der Waals surface area contributed by atoms with Crippen molar-refractivity contribution in [1.29, 1.82) is 0 Å². The maximum absolute atomic E-state index is 12.7. The second kappa shape index (κ2) is 8.99. The smallest absolute Gasteiger partial charge is 0.337 e. The van der Waals surface area contributed by atoms with Crippen LogP contribution in [0.15, 0.2) is 30.3 Å². The highest BCUT2D eigenvalue weighted by atomic mass is 16.7. The molecule has 0 saturated carbocycles. The molecule has 4 rings (SSSR count). The summed E-state index contributed by atoms with van der Waals surface area (Å²) >= 11 is 0. The van der Waals surface area contributed by atoms with E-state index < -0.39 is 54.3 Å². The van der Waals surface area contributed by atoms with Crippen molar-refractivity contribution in [2.75, 3.05) is 7.11 Å². The summed E-state index contributed by atoms with van der Waals surface area (Å²) in [6.07, 6.45) is -9.75. The number of aliphatic hydroxyl groups excluding tert-OH is 3. The quantitative estimate of drug-likeness (QED) is 0.319. The van der Waals surface area contributed by atoms with E-state index in [1.807, 2.05) is 0 Å². The zero-order valence-corrected chi connectivity index (χ0v) is 17.7. The number of Topliss-reactive ketones (excluding diaryl/α,β-unsaturated/α-hetero) is 1. The highest BCUT2D eigenvalue weighted by Crippen LogP contribution is 2.43. The Morgan fingerprint density at radius 2 is 1.65 bits per heavy atom. The Hall–Kier alpha value is -3.58. The van der Waals surface area contributed by atoms with Crippen molar-refractivity contribution in [3.8, 4) is 28.7 Å². The summed E-state index contributed by atoms with van der Waals surface area (Å²) in [4.78, 5) is 24.5. The van der Waals surface area contributed by atoms with Crippen LogP contribution in [0.3, 0.4) is 0 Å². The predicted molar refractivity (Wildman–Crippen MR) is 110 cm³/mol. The molecule has 12 heteroatoms. The van der Waals surface area contributed by atoms with Gasteiger partial charge in [-0.05, 0) is 12.1 Å². The fourth-order valence-electron chi connectivity index (χ4n) is 3.86. The molecule has 0 amide bonds. The highest BCUT2D eigenvalue weighted by molar-refractivity contribution is 6.02. The molecule has 2 aliphatic heterocycles. The first-order valence-electron chi connectivity index (χ1n) is 10.1. The first-order valence-corrected chi connectivity index (χ1v) is 10.1. The Balaban J connectivity index is 1.61. The Bertz CT molecular complexity index is 1100. The number of aliphatic hydroxyl groups is 3. The van der Waals surface area contributed by atoms with Crippen molar-refractivity contribution in [3.05, 3.63) is 41.5 Å². The number of ether oxygens (including phenoxy) is 4. The number of carbonyl (C=O) groups excluding carboxylic acids is 2. The lowest BCUT2D eigenvalue weighted by Gasteiger charge is -2.39. The molecule has 12 nitrogen and oxygen atoms in total. The first kappa shape index (κ1) is 23.6. The van der Waals surface area contributed by atoms with Crippen LogP contribution in [0.2, 0.25) is 0 Å². The largest absolute Gasteiger partial charge is 0.508 e. The summed E-state index contributed by atoms with van der Waals surface area (Å²) in [6.45, 7) is 0. The minimum absolute atomic E-state index is 0.0884. The number of benzene rings is 2. The van der Waals surface area contributed by atoms with Crippen molar-refractivity contribution in [3.63, 3.8) is 0 Å². The molecule has 2 aromatic carbocycles. The number of aromatic hydroxyl groups is 3. The summed E-state index contributed by atoms with van der Waals surface area (Å²) in [5.74, 6) is -2.69. The number of carbonyl (C=O) groups is 2. The molecule has 182 valence electrons. The number of hydrogen-bond donors (Lipinski definition) is 6. The standard InChI is InChI=1S/C22H22O12/c1-31-21(30)20-18(28)17(27)19(29)22(34-20)32-11-5-12(25)16-13(26)7-14(33-15(16)6-11)8-2-9(23)4-10(24)3-8/h2-6,14,17-20,22-25,27-29H,7H2,1H3. The summed E-state index contributed by atoms with van der Waals surface area (Å²) in [5, 5.41) is 60.1. The molecular weight excluding hydrogens is 456 g/mol. The zero-order chi connectivity index (χ0) is 24.7. The van der Waals surface area contributed by atoms with Gasteiger partial charge >= 0.3 is 5.97 Å². The van der Waals surface area contributed by atoms with E-state index in [4.69, 9.17) is 14.2 Å². The van der Waals surface area contributed by atoms with Gasteiger partial charge in [0, 0.05) is 23.8 Å². The van der Waals surface area contributed by atoms with Gasteiger partial charge in [-0.25, -0.2) is 4.79 Å². The molecule has 6 unspecified atom stereocenters. The third kappa shape index (κ3) is 4.31. The van der Waals surface area contributed by atoms with E-state index in [1.54, 1.807) is 0 Å². The monoisotopic (exact) mass is 478 g/mol. The van der Waals surface area contributed by atoms with Gasteiger partial charge in [-0.1, -0.05) is 0 Å². The highest BCUT2D eigenvalue weighted by Gasteiger charge is 2.48. The normalized spacial score (nSPS) is 28.5. The van der Waals surface area contributed by atoms with E-state index in [1.165, 1.54) is 18.2 Å². The third-order valence-corrected chi connectivity index (χ3v) is 5.53. The Labute approximate surface area is 192 Å². The van der Waals surface area contributed by atoms with Crippen molar-refractivity contribution in [1.82, 2.24) is 0 Å². The minimum atomic E-state index is -1.81. The lowest BCUT2D eigenvalue weighted by atomic mass is 9.95. The van der Waals surface area contributed by atoms with Crippen LogP contribution in [-0.2, 0) is 14.3 Å². The zero-order valence-electron chi connectivity index (χ0n) is 17.7. The van der Waals surface area contributed by atoms with Crippen LogP contribution in [0.25, 0.3) is 0 Å². The maximum atomic E-state index is 12.7. The van der Waals surface area contributed by atoms with Crippen molar-refractivity contribution in [2.24, 2.45) is 0 Å². The minimum Gasteiger partial charge on any atom is -0.508 e. The number of rotatable bonds is 4. The SMILES string of the molecule is COC(=O)C1OC(Oc2cc(O)c3c(c2)OC(c2cc(O)cc(O)c2)CC3=O)C(O)C(O)C1O. The van der Waals surface area contributed by atoms with Gasteiger partial charge in [-0.15, -0.1) is 0 Å². The fraction of sp³-hybridized carbons (Fsp3) is 0.364. The number of phenols is 3. The summed E-state index contributed by atoms with van der Waals surface area (Å²) < 4.78 is 21.1. The molecule has 1 saturated heterocycles. The van der Waals surface area contributed by atoms with Crippen molar-refractivity contribution in [2.45, 2.75) is 43.2 Å². The van der Waals surface area contributed by atoms with Crippen LogP contribution in [0, 0.1) is 0 Å². The van der Waals surface area contributed by atoms with Gasteiger partial charge in [0.1, 0.15) is 58.7 Å². The Morgan fingerprint density at radius 3 is 2.29 bits per heavy atom. The number of esters is 1. The molecule has 0 spiro atoms. The molecule has 2 heterocycles. The summed E-state index contributed by atoms with van der Waals surface area (Å²) in [7, 11) is 1.05. The van der Waals surface area contributed by atoms with Gasteiger partial charge in [0.25, 0.3) is 0 Å². The Kier molecular flexibility index (Phi) is 6.23. The number of ketones is 1. The second-order valence-electron chi connectivity index (χ2n) is 7.87. The fourth-order valence-corrected chi connectivity index (χ4v) is 3.86. The Morgan fingerprint density at radius 1 is 0.971 bits per heavy atom. The molecule has 6 N–H and O–H groups in total. The van der Waals surface area contributed by atoms with Crippen LogP contribution in [0.5, 0.6) is 28.7 Å². The molecule has 2 aromatic rings. The van der Waals surface area contributed by atoms with Crippen LogP contribution < -0.4 is 9.47 Å². The van der Waals surface area contributed by atoms with Gasteiger partial charge in [0.05, 0.1) is 13.5 Å². The molecule has 1 fully saturated rings. The van der Waals surface area contributed by atoms with Gasteiger partial charge in [0.2, 0.25) is 6.29 Å². The summed E-state index contributed by atoms with van der Waals surface area (Å²) in [6, 6.07) is 6.02. The van der Waals surface area contributed by atoms with E-state index in [2.05, 4.69) is 4.74 Å². The molecular formula is C22H22O12. The van der Waals surface area contributed by atoms with E-state index >= 15 is 0 Å². The lowest BCUT2D eigenvalue weighted by molar-refractivity contribution is -0.271. The number of methoxy groups -OCH3 is 1. The topological polar surface area (TPSA) is 192 Å². The molecule has 0 aliphatic carbocycles. The number of fused-ring (bicyclic) bond motifs is 1. The molecule has 34 heavy (non-hydrogen) atoms. The predicted octanol–water partition coefficient (Wildman–Crippen LogP) is -0.131. The van der Waals surface area contributed by atoms with Crippen LogP contribution in [0.1, 0.15) is 28.4 Å². The average Bonchev–Trinajstić information content (AvgIpc) is 2.77. The average molecular weight is 478 g/mol. The van der Waals surface area contributed by atoms with Crippen LogP contribution in [0.4, 0.5) is 0 Å². The first-order chi connectivity index (χ1) is 16.1. The van der Waals surface area contributed by atoms with Crippen molar-refractivity contribution >= 4 is 11.8 Å². The van der Waals surface area contributed by atoms with Gasteiger partial charge in [-0.2, -0.15) is 0 Å². The van der Waals surface area contributed by atoms with Crippen molar-refractivity contribution < 1.29 is 59.2 Å². The number of hydrogen-bond acceptors (Lipinski definition) is 12. The molecule has 6 atom stereocenters. The van der Waals surface area contributed by atoms with Gasteiger partial charge in [0.15, 0.2) is 11.9 Å². The number of phenolic OH excluding ortho intramolecular Hbond substituents is 3. The van der Waals surface area contributed by atoms with Crippen LogP contribution >= 0.6 is 0 Å². The summed E-state index contributed by atoms with van der Waals surface area (Å²) in [5.41, 5.74) is 0.187.